The van der Waals surface area contributed by atoms with Gasteiger partial charge in [0.05, 0.1) is 13.2 Å². The van der Waals surface area contributed by atoms with E-state index >= 15 is 0 Å². The second kappa shape index (κ2) is 10.2. The third-order valence-electron chi connectivity index (χ3n) is 1.63. The van der Waals surface area contributed by atoms with E-state index in [1.54, 1.807) is 0 Å². The molecular weight excluding hydrogens is 232 g/mol. The van der Waals surface area contributed by atoms with Gasteiger partial charge in [0, 0.05) is 0 Å². The summed E-state index contributed by atoms with van der Waals surface area (Å²) < 4.78 is 10.5. The van der Waals surface area contributed by atoms with Crippen LogP contribution < -0.4 is 17.0 Å². The van der Waals surface area contributed by atoms with Gasteiger partial charge in [0.1, 0.15) is 0 Å². The van der Waals surface area contributed by atoms with Crippen LogP contribution in [0.4, 0.5) is 0 Å². The van der Waals surface area contributed by atoms with Crippen molar-refractivity contribution in [3.8, 4) is 0 Å². The van der Waals surface area contributed by atoms with Gasteiger partial charge in [0.25, 0.3) is 0 Å². The van der Waals surface area contributed by atoms with Crippen molar-refractivity contribution in [3.05, 3.63) is 6.92 Å². The SMILES string of the molecule is [Br-].[CH2-]CCCCC1OCCO1.[Mg+2]. The molecule has 0 aromatic carbocycles. The second-order valence-electron chi connectivity index (χ2n) is 2.52. The molecule has 68 valence electrons. The molecule has 1 rings (SSSR count). The molecule has 0 aliphatic carbocycles. The molecule has 1 heterocycles. The summed E-state index contributed by atoms with van der Waals surface area (Å²) in [7, 11) is 0. The van der Waals surface area contributed by atoms with Gasteiger partial charge in [0.2, 0.25) is 0 Å². The molecule has 0 aromatic heterocycles. The number of hydrogen-bond donors (Lipinski definition) is 0. The molecule has 1 aliphatic rings. The van der Waals surface area contributed by atoms with Crippen molar-refractivity contribution in [3.63, 3.8) is 0 Å². The van der Waals surface area contributed by atoms with E-state index in [4.69, 9.17) is 9.47 Å². The van der Waals surface area contributed by atoms with Crippen LogP contribution in [0.15, 0.2) is 0 Å². The summed E-state index contributed by atoms with van der Waals surface area (Å²) in [5.74, 6) is 0. The molecule has 1 saturated heterocycles. The average molecular weight is 247 g/mol. The van der Waals surface area contributed by atoms with Gasteiger partial charge < -0.3 is 33.4 Å². The molecular formula is C8H15BrMgO2. The van der Waals surface area contributed by atoms with Crippen molar-refractivity contribution >= 4 is 23.1 Å². The molecule has 0 aromatic rings. The van der Waals surface area contributed by atoms with Crippen LogP contribution in [0.3, 0.4) is 0 Å². The predicted octanol–water partition coefficient (Wildman–Crippen LogP) is -1.62. The van der Waals surface area contributed by atoms with Crippen molar-refractivity contribution in [1.29, 1.82) is 0 Å². The van der Waals surface area contributed by atoms with E-state index in [1.807, 2.05) is 0 Å². The van der Waals surface area contributed by atoms with Gasteiger partial charge >= 0.3 is 23.1 Å². The Labute approximate surface area is 101 Å². The minimum Gasteiger partial charge on any atom is -1.00 e. The summed E-state index contributed by atoms with van der Waals surface area (Å²) in [5.41, 5.74) is 0. The summed E-state index contributed by atoms with van der Waals surface area (Å²) in [6.45, 7) is 5.31. The Bertz CT molecular complexity index is 87.1. The Morgan fingerprint density at radius 3 is 2.25 bits per heavy atom. The summed E-state index contributed by atoms with van der Waals surface area (Å²) >= 11 is 0. The molecule has 0 N–H and O–H groups in total. The van der Waals surface area contributed by atoms with Crippen molar-refractivity contribution in [2.24, 2.45) is 0 Å². The smallest absolute Gasteiger partial charge is 1.00 e. The fourth-order valence-corrected chi connectivity index (χ4v) is 1.06. The summed E-state index contributed by atoms with van der Waals surface area (Å²) in [4.78, 5) is 0. The molecule has 1 fully saturated rings. The Morgan fingerprint density at radius 1 is 1.17 bits per heavy atom. The zero-order chi connectivity index (χ0) is 7.23. The van der Waals surface area contributed by atoms with Crippen LogP contribution in [0.25, 0.3) is 0 Å². The van der Waals surface area contributed by atoms with Crippen LogP contribution in [0.1, 0.15) is 25.7 Å². The van der Waals surface area contributed by atoms with Gasteiger partial charge in [-0.1, -0.05) is 12.8 Å². The fourth-order valence-electron chi connectivity index (χ4n) is 1.06. The predicted molar refractivity (Wildman–Crippen MR) is 45.3 cm³/mol. The van der Waals surface area contributed by atoms with Crippen LogP contribution in [0.5, 0.6) is 0 Å². The van der Waals surface area contributed by atoms with Gasteiger partial charge in [-0.15, -0.1) is 0 Å². The molecule has 0 atom stereocenters. The normalized spacial score (nSPS) is 16.8. The molecule has 2 nitrogen and oxygen atoms in total. The molecule has 0 radical (unpaired) electrons. The summed E-state index contributed by atoms with van der Waals surface area (Å²) in [5, 5.41) is 0. The minimum absolute atomic E-state index is 0. The summed E-state index contributed by atoms with van der Waals surface area (Å²) in [6, 6.07) is 0. The molecule has 12 heavy (non-hydrogen) atoms. The van der Waals surface area contributed by atoms with Crippen LogP contribution >= 0.6 is 0 Å². The van der Waals surface area contributed by atoms with E-state index < -0.39 is 0 Å². The largest absolute Gasteiger partial charge is 2.00 e. The second-order valence-corrected chi connectivity index (χ2v) is 2.52. The van der Waals surface area contributed by atoms with Crippen LogP contribution in [0, 0.1) is 6.92 Å². The molecule has 4 heteroatoms. The van der Waals surface area contributed by atoms with Crippen LogP contribution in [-0.4, -0.2) is 42.6 Å². The van der Waals surface area contributed by atoms with E-state index in [2.05, 4.69) is 6.92 Å². The first-order valence-electron chi connectivity index (χ1n) is 3.96. The number of unbranched alkanes of at least 4 members (excludes halogenated alkanes) is 2. The average Bonchev–Trinajstić information content (AvgIpc) is 2.41. The zero-order valence-corrected chi connectivity index (χ0v) is 10.4. The first kappa shape index (κ1) is 15.6. The van der Waals surface area contributed by atoms with E-state index in [0.29, 0.717) is 0 Å². The van der Waals surface area contributed by atoms with Crippen molar-refractivity contribution in [1.82, 2.24) is 0 Å². The third-order valence-corrected chi connectivity index (χ3v) is 1.63. The van der Waals surface area contributed by atoms with Crippen LogP contribution in [-0.2, 0) is 9.47 Å². The number of halogens is 1. The molecule has 0 unspecified atom stereocenters. The van der Waals surface area contributed by atoms with Crippen molar-refractivity contribution < 1.29 is 26.5 Å². The maximum Gasteiger partial charge on any atom is 2.00 e. The first-order valence-corrected chi connectivity index (χ1v) is 3.96. The fraction of sp³-hybridized carbons (Fsp3) is 0.875. The van der Waals surface area contributed by atoms with Gasteiger partial charge in [-0.05, 0) is 6.42 Å². The molecule has 0 bridgehead atoms. The van der Waals surface area contributed by atoms with E-state index in [1.165, 1.54) is 12.8 Å². The van der Waals surface area contributed by atoms with Crippen LogP contribution in [0.2, 0.25) is 0 Å². The maximum absolute atomic E-state index is 5.26. The van der Waals surface area contributed by atoms with E-state index in [0.717, 1.165) is 26.1 Å². The van der Waals surface area contributed by atoms with Crippen molar-refractivity contribution in [2.75, 3.05) is 13.2 Å². The van der Waals surface area contributed by atoms with Gasteiger partial charge in [0.15, 0.2) is 6.29 Å². The standard InChI is InChI=1S/C8H15O2.BrH.Mg/c1-2-3-4-5-8-9-6-7-10-8;;/h8H,1-7H2;1H;/q-1;;+2/p-1. The third kappa shape index (κ3) is 6.66. The van der Waals surface area contributed by atoms with E-state index in [9.17, 15) is 0 Å². The number of ether oxygens (including phenoxy) is 2. The number of hydrogen-bond acceptors (Lipinski definition) is 2. The van der Waals surface area contributed by atoms with E-state index in [-0.39, 0.29) is 46.3 Å². The quantitative estimate of drug-likeness (QED) is 0.338. The molecule has 0 saturated carbocycles. The van der Waals surface area contributed by atoms with Crippen molar-refractivity contribution in [2.45, 2.75) is 32.0 Å². The number of rotatable bonds is 4. The molecule has 0 spiro atoms. The van der Waals surface area contributed by atoms with Gasteiger partial charge in [-0.25, -0.2) is 0 Å². The topological polar surface area (TPSA) is 18.5 Å². The van der Waals surface area contributed by atoms with Gasteiger partial charge in [-0.2, -0.15) is 6.42 Å². The van der Waals surface area contributed by atoms with Gasteiger partial charge in [-0.3, -0.25) is 0 Å². The Kier molecular flexibility index (Phi) is 13.3. The first-order chi connectivity index (χ1) is 4.93. The monoisotopic (exact) mass is 246 g/mol. The zero-order valence-electron chi connectivity index (χ0n) is 7.43. The molecule has 0 amide bonds. The Morgan fingerprint density at radius 2 is 1.75 bits per heavy atom. The Balaban J connectivity index is 0. The Hall–Kier alpha value is 1.17. The molecule has 1 aliphatic heterocycles. The summed E-state index contributed by atoms with van der Waals surface area (Å²) in [6.07, 6.45) is 4.51. The maximum atomic E-state index is 5.26. The minimum atomic E-state index is 0.